The standard InChI is InChI=1S/C12H18ClN5O/c1-8-10(13)15-12(14-9(2)19)16-11(8)18-6-4-17(3)5-7-18/h4-7H2,1-3H3,(H,14,15,16,19). The number of nitrogens with zero attached hydrogens (tertiary/aromatic N) is 4. The maximum Gasteiger partial charge on any atom is 0.232 e. The normalized spacial score (nSPS) is 16.5. The summed E-state index contributed by atoms with van der Waals surface area (Å²) >= 11 is 6.11. The fourth-order valence-electron chi connectivity index (χ4n) is 2.02. The SMILES string of the molecule is CC(=O)Nc1nc(Cl)c(C)c(N2CCN(C)CC2)n1. The number of carbonyl (C=O) groups excluding carboxylic acids is 1. The summed E-state index contributed by atoms with van der Waals surface area (Å²) in [5, 5.41) is 2.96. The predicted molar refractivity (Wildman–Crippen MR) is 75.8 cm³/mol. The Kier molecular flexibility index (Phi) is 4.21. The lowest BCUT2D eigenvalue weighted by atomic mass is 10.2. The predicted octanol–water partition coefficient (Wildman–Crippen LogP) is 1.15. The van der Waals surface area contributed by atoms with Gasteiger partial charge in [-0.3, -0.25) is 10.1 Å². The fourth-order valence-corrected chi connectivity index (χ4v) is 2.18. The number of aromatic nitrogens is 2. The number of rotatable bonds is 2. The van der Waals surface area contributed by atoms with Crippen LogP contribution in [0.2, 0.25) is 5.15 Å². The molecule has 6 nitrogen and oxygen atoms in total. The van der Waals surface area contributed by atoms with Gasteiger partial charge in [0, 0.05) is 38.7 Å². The molecule has 1 aromatic heterocycles. The number of halogens is 1. The van der Waals surface area contributed by atoms with Crippen LogP contribution in [-0.2, 0) is 4.79 Å². The van der Waals surface area contributed by atoms with Crippen LogP contribution in [0.5, 0.6) is 0 Å². The number of hydrogen-bond donors (Lipinski definition) is 1. The minimum atomic E-state index is -0.204. The van der Waals surface area contributed by atoms with E-state index in [9.17, 15) is 4.79 Å². The molecule has 0 unspecified atom stereocenters. The maximum atomic E-state index is 11.1. The van der Waals surface area contributed by atoms with Gasteiger partial charge in [0.1, 0.15) is 11.0 Å². The molecule has 1 aliphatic heterocycles. The van der Waals surface area contributed by atoms with E-state index < -0.39 is 0 Å². The molecule has 104 valence electrons. The highest BCUT2D eigenvalue weighted by Gasteiger charge is 2.20. The topological polar surface area (TPSA) is 61.4 Å². The van der Waals surface area contributed by atoms with Crippen LogP contribution >= 0.6 is 11.6 Å². The van der Waals surface area contributed by atoms with E-state index in [0.29, 0.717) is 5.15 Å². The molecule has 1 saturated heterocycles. The molecule has 0 aliphatic carbocycles. The van der Waals surface area contributed by atoms with Gasteiger partial charge in [-0.15, -0.1) is 0 Å². The van der Waals surface area contributed by atoms with Crippen molar-refractivity contribution in [3.05, 3.63) is 10.7 Å². The number of hydrogen-bond acceptors (Lipinski definition) is 5. The van der Waals surface area contributed by atoms with Gasteiger partial charge in [-0.1, -0.05) is 11.6 Å². The van der Waals surface area contributed by atoms with Crippen molar-refractivity contribution in [3.8, 4) is 0 Å². The molecule has 19 heavy (non-hydrogen) atoms. The zero-order valence-electron chi connectivity index (χ0n) is 11.4. The molecule has 1 amide bonds. The molecule has 1 aliphatic rings. The Morgan fingerprint density at radius 2 is 1.89 bits per heavy atom. The van der Waals surface area contributed by atoms with Crippen molar-refractivity contribution in [2.24, 2.45) is 0 Å². The average molecular weight is 284 g/mol. The third-order valence-corrected chi connectivity index (χ3v) is 3.52. The summed E-state index contributed by atoms with van der Waals surface area (Å²) in [5.41, 5.74) is 0.848. The number of likely N-dealkylation sites (N-methyl/N-ethyl adjacent to an activating group) is 1. The first kappa shape index (κ1) is 14.0. The van der Waals surface area contributed by atoms with Crippen LogP contribution in [-0.4, -0.2) is 54.0 Å². The van der Waals surface area contributed by atoms with Crippen LogP contribution in [0, 0.1) is 6.92 Å². The van der Waals surface area contributed by atoms with Crippen molar-refractivity contribution in [2.75, 3.05) is 43.4 Å². The lowest BCUT2D eigenvalue weighted by Crippen LogP contribution is -2.45. The Labute approximate surface area is 117 Å². The van der Waals surface area contributed by atoms with Crippen molar-refractivity contribution >= 4 is 29.3 Å². The molecule has 0 saturated carbocycles. The van der Waals surface area contributed by atoms with Crippen LogP contribution < -0.4 is 10.2 Å². The fraction of sp³-hybridized carbons (Fsp3) is 0.583. The van der Waals surface area contributed by atoms with Crippen molar-refractivity contribution in [3.63, 3.8) is 0 Å². The minimum Gasteiger partial charge on any atom is -0.354 e. The van der Waals surface area contributed by atoms with Crippen LogP contribution in [0.15, 0.2) is 0 Å². The quantitative estimate of drug-likeness (QED) is 0.825. The van der Waals surface area contributed by atoms with Crippen LogP contribution in [0.1, 0.15) is 12.5 Å². The van der Waals surface area contributed by atoms with Crippen molar-refractivity contribution in [1.29, 1.82) is 0 Å². The molecule has 0 radical (unpaired) electrons. The van der Waals surface area contributed by atoms with Crippen molar-refractivity contribution in [1.82, 2.24) is 14.9 Å². The van der Waals surface area contributed by atoms with E-state index in [1.807, 2.05) is 6.92 Å². The molecule has 0 atom stereocenters. The smallest absolute Gasteiger partial charge is 0.232 e. The number of amides is 1. The Morgan fingerprint density at radius 1 is 1.26 bits per heavy atom. The van der Waals surface area contributed by atoms with Crippen molar-refractivity contribution < 1.29 is 4.79 Å². The van der Waals surface area contributed by atoms with Gasteiger partial charge in [0.05, 0.1) is 0 Å². The highest BCUT2D eigenvalue weighted by Crippen LogP contribution is 2.25. The third kappa shape index (κ3) is 3.33. The van der Waals surface area contributed by atoms with E-state index in [-0.39, 0.29) is 11.9 Å². The van der Waals surface area contributed by atoms with Crippen LogP contribution in [0.4, 0.5) is 11.8 Å². The van der Waals surface area contributed by atoms with Gasteiger partial charge >= 0.3 is 0 Å². The Hall–Kier alpha value is -1.40. The molecule has 2 rings (SSSR count). The van der Waals surface area contributed by atoms with E-state index in [2.05, 4.69) is 32.1 Å². The highest BCUT2D eigenvalue weighted by molar-refractivity contribution is 6.30. The van der Waals surface area contributed by atoms with Crippen molar-refractivity contribution in [2.45, 2.75) is 13.8 Å². The molecular weight excluding hydrogens is 266 g/mol. The summed E-state index contributed by atoms with van der Waals surface area (Å²) < 4.78 is 0. The lowest BCUT2D eigenvalue weighted by molar-refractivity contribution is -0.114. The van der Waals surface area contributed by atoms with Gasteiger partial charge in [-0.05, 0) is 14.0 Å². The summed E-state index contributed by atoms with van der Waals surface area (Å²) in [5.74, 6) is 0.859. The minimum absolute atomic E-state index is 0.204. The highest BCUT2D eigenvalue weighted by atomic mass is 35.5. The molecule has 1 fully saturated rings. The van der Waals surface area contributed by atoms with E-state index in [1.165, 1.54) is 6.92 Å². The Balaban J connectivity index is 2.27. The molecule has 0 aromatic carbocycles. The zero-order valence-corrected chi connectivity index (χ0v) is 12.2. The van der Waals surface area contributed by atoms with Crippen LogP contribution in [0.25, 0.3) is 0 Å². The first-order chi connectivity index (χ1) is 8.97. The zero-order chi connectivity index (χ0) is 14.0. The second-order valence-electron chi connectivity index (χ2n) is 4.76. The molecule has 1 aromatic rings. The van der Waals surface area contributed by atoms with Gasteiger partial charge in [0.15, 0.2) is 0 Å². The third-order valence-electron chi connectivity index (χ3n) is 3.15. The summed E-state index contributed by atoms with van der Waals surface area (Å²) in [6, 6.07) is 0. The average Bonchev–Trinajstić information content (AvgIpc) is 2.34. The first-order valence-electron chi connectivity index (χ1n) is 6.22. The molecule has 0 spiro atoms. The number of carbonyl (C=O) groups is 1. The van der Waals surface area contributed by atoms with Gasteiger partial charge < -0.3 is 9.80 Å². The van der Waals surface area contributed by atoms with Crippen LogP contribution in [0.3, 0.4) is 0 Å². The molecule has 2 heterocycles. The molecule has 0 bridgehead atoms. The number of piperazine rings is 1. The monoisotopic (exact) mass is 283 g/mol. The summed E-state index contributed by atoms with van der Waals surface area (Å²) in [7, 11) is 2.10. The largest absolute Gasteiger partial charge is 0.354 e. The number of nitrogens with one attached hydrogen (secondary N) is 1. The second kappa shape index (κ2) is 5.71. The van der Waals surface area contributed by atoms with Gasteiger partial charge in [-0.2, -0.15) is 4.98 Å². The summed E-state index contributed by atoms with van der Waals surface area (Å²) in [4.78, 5) is 24.0. The number of anilines is 2. The lowest BCUT2D eigenvalue weighted by Gasteiger charge is -2.34. The van der Waals surface area contributed by atoms with E-state index >= 15 is 0 Å². The summed E-state index contributed by atoms with van der Waals surface area (Å²) in [6.45, 7) is 7.07. The second-order valence-corrected chi connectivity index (χ2v) is 5.12. The van der Waals surface area contributed by atoms with Gasteiger partial charge in [0.25, 0.3) is 0 Å². The first-order valence-corrected chi connectivity index (χ1v) is 6.60. The van der Waals surface area contributed by atoms with E-state index in [1.54, 1.807) is 0 Å². The molecule has 1 N–H and O–H groups in total. The Morgan fingerprint density at radius 3 is 2.47 bits per heavy atom. The van der Waals surface area contributed by atoms with E-state index in [0.717, 1.165) is 37.6 Å². The van der Waals surface area contributed by atoms with E-state index in [4.69, 9.17) is 11.6 Å². The molecule has 7 heteroatoms. The Bertz CT molecular complexity index is 485. The molecular formula is C12H18ClN5O. The summed E-state index contributed by atoms with van der Waals surface area (Å²) in [6.07, 6.45) is 0. The maximum absolute atomic E-state index is 11.1. The van der Waals surface area contributed by atoms with Gasteiger partial charge in [0.2, 0.25) is 11.9 Å². The van der Waals surface area contributed by atoms with Gasteiger partial charge in [-0.25, -0.2) is 4.98 Å².